The van der Waals surface area contributed by atoms with Gasteiger partial charge in [0.15, 0.2) is 0 Å². The van der Waals surface area contributed by atoms with Gasteiger partial charge in [-0.15, -0.1) is 0 Å². The van der Waals surface area contributed by atoms with E-state index in [1.165, 1.54) is 12.7 Å². The third-order valence-electron chi connectivity index (χ3n) is 5.78. The molecule has 0 bridgehead atoms. The van der Waals surface area contributed by atoms with E-state index < -0.39 is 5.97 Å². The lowest BCUT2D eigenvalue weighted by atomic mass is 9.93. The number of benzene rings is 1. The van der Waals surface area contributed by atoms with Crippen molar-refractivity contribution in [2.45, 2.75) is 38.3 Å². The molecule has 1 aromatic rings. The third kappa shape index (κ3) is 5.78. The van der Waals surface area contributed by atoms with Gasteiger partial charge in [0.1, 0.15) is 6.54 Å². The first-order valence-corrected chi connectivity index (χ1v) is 10.0. The molecule has 6 nitrogen and oxygen atoms in total. The van der Waals surface area contributed by atoms with Gasteiger partial charge in [-0.3, -0.25) is 19.4 Å². The number of ether oxygens (including phenoxy) is 1. The molecule has 1 atom stereocenters. The van der Waals surface area contributed by atoms with E-state index in [9.17, 15) is 9.59 Å². The summed E-state index contributed by atoms with van der Waals surface area (Å²) in [7, 11) is 1.33. The molecule has 2 saturated heterocycles. The Balaban J connectivity index is 1.43. The highest BCUT2D eigenvalue weighted by Crippen LogP contribution is 2.24. The van der Waals surface area contributed by atoms with Crippen molar-refractivity contribution in [3.63, 3.8) is 0 Å². The quantitative estimate of drug-likeness (QED) is 0.769. The molecule has 0 saturated carbocycles. The van der Waals surface area contributed by atoms with Crippen LogP contribution in [0.4, 0.5) is 0 Å². The van der Waals surface area contributed by atoms with E-state index in [0.29, 0.717) is 6.04 Å². The molecule has 2 aliphatic heterocycles. The van der Waals surface area contributed by atoms with Gasteiger partial charge in [-0.25, -0.2) is 0 Å². The largest absolute Gasteiger partial charge is 0.468 e. The summed E-state index contributed by atoms with van der Waals surface area (Å²) in [6.07, 6.45) is 4.25. The molecular formula is C21H31N3O3. The standard InChI is InChI=1S/C21H31N3O3/c1-27-20(25)14-22-21(26)18-8-5-11-24(16-18)19-9-12-23(13-10-19)15-17-6-3-2-4-7-17/h2-4,6-7,18-19H,5,8-16H2,1H3,(H,22,26)/t18-/m0/s1. The van der Waals surface area contributed by atoms with Crippen molar-refractivity contribution in [2.75, 3.05) is 39.8 Å². The minimum Gasteiger partial charge on any atom is -0.468 e. The van der Waals surface area contributed by atoms with E-state index in [1.807, 2.05) is 0 Å². The van der Waals surface area contributed by atoms with Crippen molar-refractivity contribution in [3.05, 3.63) is 35.9 Å². The summed E-state index contributed by atoms with van der Waals surface area (Å²) in [5, 5.41) is 2.71. The molecule has 1 amide bonds. The monoisotopic (exact) mass is 373 g/mol. The Morgan fingerprint density at radius 3 is 2.56 bits per heavy atom. The van der Waals surface area contributed by atoms with Gasteiger partial charge in [-0.2, -0.15) is 0 Å². The average Bonchev–Trinajstić information content (AvgIpc) is 2.73. The molecule has 6 heteroatoms. The number of piperidine rings is 2. The Bertz CT molecular complexity index is 614. The van der Waals surface area contributed by atoms with Gasteiger partial charge in [0.25, 0.3) is 0 Å². The number of esters is 1. The van der Waals surface area contributed by atoms with Crippen molar-refractivity contribution in [1.29, 1.82) is 0 Å². The molecule has 0 aromatic heterocycles. The average molecular weight is 373 g/mol. The third-order valence-corrected chi connectivity index (χ3v) is 5.78. The van der Waals surface area contributed by atoms with Crippen molar-refractivity contribution in [1.82, 2.24) is 15.1 Å². The van der Waals surface area contributed by atoms with E-state index >= 15 is 0 Å². The molecule has 0 radical (unpaired) electrons. The van der Waals surface area contributed by atoms with Gasteiger partial charge in [0.05, 0.1) is 13.0 Å². The fourth-order valence-corrected chi connectivity index (χ4v) is 4.21. The van der Waals surface area contributed by atoms with Crippen LogP contribution >= 0.6 is 0 Å². The summed E-state index contributed by atoms with van der Waals surface area (Å²) in [5.74, 6) is -0.445. The second-order valence-corrected chi connectivity index (χ2v) is 7.62. The second-order valence-electron chi connectivity index (χ2n) is 7.62. The number of nitrogens with one attached hydrogen (secondary N) is 1. The summed E-state index contributed by atoms with van der Waals surface area (Å²) in [6.45, 7) is 5.07. The first kappa shape index (κ1) is 19.8. The normalized spacial score (nSPS) is 22.3. The molecule has 1 aromatic carbocycles. The zero-order valence-corrected chi connectivity index (χ0v) is 16.2. The number of methoxy groups -OCH3 is 1. The van der Waals surface area contributed by atoms with E-state index in [2.05, 4.69) is 50.2 Å². The summed E-state index contributed by atoms with van der Waals surface area (Å²) in [5.41, 5.74) is 1.37. The number of likely N-dealkylation sites (tertiary alicyclic amines) is 2. The maximum atomic E-state index is 12.3. The maximum Gasteiger partial charge on any atom is 0.325 e. The van der Waals surface area contributed by atoms with Gasteiger partial charge in [-0.05, 0) is 50.9 Å². The van der Waals surface area contributed by atoms with E-state index in [1.54, 1.807) is 0 Å². The summed E-state index contributed by atoms with van der Waals surface area (Å²) in [6, 6.07) is 11.2. The smallest absolute Gasteiger partial charge is 0.325 e. The van der Waals surface area contributed by atoms with Crippen LogP contribution in [0.15, 0.2) is 30.3 Å². The Labute approximate surface area is 161 Å². The molecule has 3 rings (SSSR count). The highest BCUT2D eigenvalue weighted by atomic mass is 16.5. The Morgan fingerprint density at radius 2 is 1.85 bits per heavy atom. The molecule has 148 valence electrons. The van der Waals surface area contributed by atoms with Crippen LogP contribution in [0.2, 0.25) is 0 Å². The van der Waals surface area contributed by atoms with Gasteiger partial charge in [0, 0.05) is 19.1 Å². The minimum absolute atomic E-state index is 0.0217. The van der Waals surface area contributed by atoms with Crippen LogP contribution in [0.5, 0.6) is 0 Å². The predicted molar refractivity (Wildman–Crippen MR) is 104 cm³/mol. The predicted octanol–water partition coefficient (Wildman–Crippen LogP) is 1.65. The summed E-state index contributed by atoms with van der Waals surface area (Å²) < 4.78 is 4.59. The van der Waals surface area contributed by atoms with Crippen LogP contribution < -0.4 is 5.32 Å². The maximum absolute atomic E-state index is 12.3. The second kappa shape index (κ2) is 9.85. The van der Waals surface area contributed by atoms with E-state index in [-0.39, 0.29) is 18.4 Å². The number of hydrogen-bond acceptors (Lipinski definition) is 5. The Hall–Kier alpha value is -1.92. The summed E-state index contributed by atoms with van der Waals surface area (Å²) >= 11 is 0. The number of hydrogen-bond donors (Lipinski definition) is 1. The molecule has 0 aliphatic carbocycles. The van der Waals surface area contributed by atoms with Gasteiger partial charge in [0.2, 0.25) is 5.91 Å². The molecular weight excluding hydrogens is 342 g/mol. The van der Waals surface area contributed by atoms with Crippen LogP contribution in [0.1, 0.15) is 31.2 Å². The minimum atomic E-state index is -0.401. The Morgan fingerprint density at radius 1 is 1.11 bits per heavy atom. The fraction of sp³-hybridized carbons (Fsp3) is 0.619. The molecule has 2 aliphatic rings. The molecule has 1 N–H and O–H groups in total. The van der Waals surface area contributed by atoms with E-state index in [0.717, 1.165) is 58.4 Å². The van der Waals surface area contributed by atoms with Crippen molar-refractivity contribution >= 4 is 11.9 Å². The van der Waals surface area contributed by atoms with Crippen LogP contribution in [-0.4, -0.2) is 67.6 Å². The van der Waals surface area contributed by atoms with E-state index in [4.69, 9.17) is 0 Å². The zero-order valence-electron chi connectivity index (χ0n) is 16.2. The van der Waals surface area contributed by atoms with Gasteiger partial charge >= 0.3 is 5.97 Å². The number of rotatable bonds is 6. The first-order chi connectivity index (χ1) is 13.2. The van der Waals surface area contributed by atoms with Crippen molar-refractivity contribution < 1.29 is 14.3 Å². The van der Waals surface area contributed by atoms with Crippen molar-refractivity contribution in [2.24, 2.45) is 5.92 Å². The van der Waals surface area contributed by atoms with Crippen molar-refractivity contribution in [3.8, 4) is 0 Å². The lowest BCUT2D eigenvalue weighted by Gasteiger charge is -2.42. The summed E-state index contributed by atoms with van der Waals surface area (Å²) in [4.78, 5) is 28.6. The Kier molecular flexibility index (Phi) is 7.24. The fourth-order valence-electron chi connectivity index (χ4n) is 4.21. The zero-order chi connectivity index (χ0) is 19.1. The molecule has 2 heterocycles. The lowest BCUT2D eigenvalue weighted by Crippen LogP contribution is -2.51. The number of amides is 1. The topological polar surface area (TPSA) is 61.9 Å². The van der Waals surface area contributed by atoms with Crippen LogP contribution in [0.3, 0.4) is 0 Å². The highest BCUT2D eigenvalue weighted by molar-refractivity contribution is 5.83. The first-order valence-electron chi connectivity index (χ1n) is 10.0. The number of carbonyl (C=O) groups is 2. The molecule has 27 heavy (non-hydrogen) atoms. The van der Waals surface area contributed by atoms with Gasteiger partial charge < -0.3 is 10.1 Å². The number of nitrogens with zero attached hydrogens (tertiary/aromatic N) is 2. The number of carbonyl (C=O) groups excluding carboxylic acids is 2. The highest BCUT2D eigenvalue weighted by Gasteiger charge is 2.31. The SMILES string of the molecule is COC(=O)CNC(=O)[C@H]1CCCN(C2CCN(Cc3ccccc3)CC2)C1. The lowest BCUT2D eigenvalue weighted by molar-refractivity contribution is -0.142. The van der Waals surface area contributed by atoms with Gasteiger partial charge in [-0.1, -0.05) is 30.3 Å². The van der Waals surface area contributed by atoms with Crippen LogP contribution in [-0.2, 0) is 20.9 Å². The van der Waals surface area contributed by atoms with Crippen LogP contribution in [0.25, 0.3) is 0 Å². The van der Waals surface area contributed by atoms with Crippen LogP contribution in [0, 0.1) is 5.92 Å². The molecule has 2 fully saturated rings. The molecule has 0 spiro atoms. The molecule has 0 unspecified atom stereocenters.